The molecule has 0 aliphatic heterocycles. The number of rotatable bonds is 32. The molecule has 2 fully saturated rings. The Balaban J connectivity index is 0.000000213. The molecule has 11 rings (SSSR count). The SMILES string of the molecule is CC(C)(C)OC(=O)NCCNC(=O)COc1ccc(C=O)cc1.COC(=O)COc1ccc2[nH]c(C[C@H](NC(=O)c3ccc(NC4CCCCC4)c(N)c3)C(=O)OC)cc2c1.COC(=O)COc1ccc2[nH]cc(C[C@H](NC(=O)c3ccc4c(c3)nc(-c3ccc(OCC(=O)NCC[NH3+])cc3)n4C3CCCCC3)C(=O)OC)c2c1. The van der Waals surface area contributed by atoms with Crippen LogP contribution in [-0.4, -0.2) is 184 Å². The molecule has 31 heteroatoms. The number of amides is 5. The number of esters is 4. The van der Waals surface area contributed by atoms with E-state index in [4.69, 9.17) is 43.9 Å². The number of quaternary nitrogens is 1. The number of anilines is 2. The molecule has 31 nitrogen and oxygen atoms in total. The monoisotopic (exact) mass is 1570 g/mol. The lowest BCUT2D eigenvalue weighted by atomic mass is 9.94. The van der Waals surface area contributed by atoms with Crippen molar-refractivity contribution in [1.82, 2.24) is 46.1 Å². The normalized spacial score (nSPS) is 13.3. The van der Waals surface area contributed by atoms with Crippen molar-refractivity contribution in [1.29, 1.82) is 0 Å². The van der Waals surface area contributed by atoms with Gasteiger partial charge in [0, 0.05) is 94.0 Å². The zero-order chi connectivity index (χ0) is 81.7. The number of hydrogen-bond donors (Lipinski definition) is 10. The van der Waals surface area contributed by atoms with Gasteiger partial charge in [-0.1, -0.05) is 38.5 Å². The summed E-state index contributed by atoms with van der Waals surface area (Å²) in [5, 5.41) is 18.6. The standard InChI is InChI=1S/C39H44N6O8.C28H34N4O6.C16H22N2O5/c1-50-36(47)23-53-29-13-14-31-30(20-29)26(21-42-31)19-33(39(49)51-2)44-38(48)25-10-15-34-32(18-25)43-37(45(34)27-6-4-3-5-7-27)24-8-11-28(12-9-24)52-22-35(46)41-17-16-40;1-36-26(33)16-38-21-9-11-23-18(13-21)12-20(31-23)15-25(28(35)37-2)32-27(34)17-8-10-24(22(29)14-17)30-19-6-4-3-5-7-19;1-16(2,3)23-15(21)18-9-8-17-14(20)11-22-13-6-4-12(10-19)5-7-13/h8-15,18,20-21,27,33,42H,3-7,16-17,19,22-23,40H2,1-2H3,(H,41,46)(H,44,48);8-14,19,25,30-31H,3-7,15-16,29H2,1-2H3,(H,32,34);4-7,10H,8-9,11H2,1-3H3,(H,17,20)(H,18,21)/p+1/t33-;25-;/m00./s1. The molecule has 3 aromatic heterocycles. The number of nitrogens with zero attached hydrogens (tertiary/aromatic N) is 2. The van der Waals surface area contributed by atoms with Gasteiger partial charge in [0.15, 0.2) is 26.4 Å². The molecule has 2 aliphatic rings. The van der Waals surface area contributed by atoms with Crippen molar-refractivity contribution in [2.24, 2.45) is 0 Å². The van der Waals surface area contributed by atoms with Crippen LogP contribution >= 0.6 is 0 Å². The van der Waals surface area contributed by atoms with Gasteiger partial charge in [0.05, 0.1) is 63.9 Å². The summed E-state index contributed by atoms with van der Waals surface area (Å²) in [6.45, 7) is 6.27. The largest absolute Gasteiger partial charge is 0.484 e. The lowest BCUT2D eigenvalue weighted by Gasteiger charge is -2.25. The molecule has 606 valence electrons. The molecule has 114 heavy (non-hydrogen) atoms. The minimum Gasteiger partial charge on any atom is -0.484 e. The number of aromatic nitrogens is 4. The maximum atomic E-state index is 13.7. The first-order chi connectivity index (χ1) is 54.9. The van der Waals surface area contributed by atoms with Crippen LogP contribution < -0.4 is 62.3 Å². The van der Waals surface area contributed by atoms with Crippen molar-refractivity contribution >= 4 is 104 Å². The molecule has 0 radical (unpaired) electrons. The minimum atomic E-state index is -0.993. The number of aromatic amines is 2. The number of fused-ring (bicyclic) bond motifs is 3. The molecule has 0 bridgehead atoms. The van der Waals surface area contributed by atoms with Gasteiger partial charge in [-0.2, -0.15) is 0 Å². The highest BCUT2D eigenvalue weighted by Gasteiger charge is 2.29. The van der Waals surface area contributed by atoms with Crippen molar-refractivity contribution < 1.29 is 96.3 Å². The number of nitrogen functional groups attached to an aromatic ring is 1. The highest BCUT2D eigenvalue weighted by molar-refractivity contribution is 6.01. The molecule has 0 unspecified atom stereocenters. The molecule has 5 amide bonds. The molecule has 2 atom stereocenters. The number of ether oxygens (including phenoxy) is 9. The smallest absolute Gasteiger partial charge is 0.407 e. The Morgan fingerprint density at radius 3 is 1.72 bits per heavy atom. The number of aldehydes is 1. The van der Waals surface area contributed by atoms with Crippen molar-refractivity contribution in [3.8, 4) is 34.4 Å². The van der Waals surface area contributed by atoms with Gasteiger partial charge in [0.1, 0.15) is 52.8 Å². The average Bonchev–Trinajstić information content (AvgIpc) is 1.57. The van der Waals surface area contributed by atoms with E-state index in [9.17, 15) is 47.9 Å². The summed E-state index contributed by atoms with van der Waals surface area (Å²) >= 11 is 0. The fraction of sp³-hybridized carbons (Fsp3) is 0.386. The van der Waals surface area contributed by atoms with E-state index in [-0.39, 0.29) is 70.2 Å². The second-order valence-corrected chi connectivity index (χ2v) is 28.2. The molecule has 3 heterocycles. The van der Waals surface area contributed by atoms with Gasteiger partial charge in [0.2, 0.25) is 0 Å². The number of H-pyrrole nitrogens is 2. The number of nitrogens with one attached hydrogen (secondary N) is 8. The van der Waals surface area contributed by atoms with Crippen LogP contribution in [0.1, 0.15) is 133 Å². The van der Waals surface area contributed by atoms with Crippen LogP contribution in [0.2, 0.25) is 0 Å². The van der Waals surface area contributed by atoms with Crippen molar-refractivity contribution in [3.63, 3.8) is 0 Å². The van der Waals surface area contributed by atoms with Crippen molar-refractivity contribution in [3.05, 3.63) is 162 Å². The Hall–Kier alpha value is -12.7. The fourth-order valence-electron chi connectivity index (χ4n) is 12.9. The van der Waals surface area contributed by atoms with Crippen molar-refractivity contribution in [2.45, 2.75) is 128 Å². The number of benzene rings is 6. The molecule has 9 aromatic rings. The van der Waals surface area contributed by atoms with Gasteiger partial charge in [-0.05, 0) is 179 Å². The molecular weight excluding hydrogens is 1470 g/mol. The quantitative estimate of drug-likeness (QED) is 0.00620. The van der Waals surface area contributed by atoms with Gasteiger partial charge in [-0.3, -0.25) is 24.0 Å². The Morgan fingerprint density at radius 2 is 1.13 bits per heavy atom. The zero-order valence-electron chi connectivity index (χ0n) is 65.2. The van der Waals surface area contributed by atoms with Crippen LogP contribution in [0.25, 0.3) is 44.2 Å². The number of imidazole rings is 1. The number of nitrogens with two attached hydrogens (primary N) is 1. The van der Waals surface area contributed by atoms with E-state index in [1.165, 1.54) is 54.1 Å². The fourth-order valence-corrected chi connectivity index (χ4v) is 12.9. The first kappa shape index (κ1) is 85.3. The Kier molecular flexibility index (Phi) is 31.5. The van der Waals surface area contributed by atoms with Gasteiger partial charge >= 0.3 is 30.0 Å². The summed E-state index contributed by atoms with van der Waals surface area (Å²) in [6, 6.07) is 35.7. The van der Waals surface area contributed by atoms with Crippen LogP contribution in [0.5, 0.6) is 23.0 Å². The number of alkyl carbamates (subject to hydrolysis) is 1. The van der Waals surface area contributed by atoms with E-state index in [0.29, 0.717) is 75.7 Å². The molecule has 0 saturated heterocycles. The topological polar surface area (TPSA) is 429 Å². The zero-order valence-corrected chi connectivity index (χ0v) is 65.2. The predicted octanol–water partition coefficient (Wildman–Crippen LogP) is 8.57. The summed E-state index contributed by atoms with van der Waals surface area (Å²) < 4.78 is 48.5. The lowest BCUT2D eigenvalue weighted by Crippen LogP contribution is -2.55. The minimum absolute atomic E-state index is 0.0855. The van der Waals surface area contributed by atoms with E-state index in [1.807, 2.05) is 54.6 Å². The third-order valence-electron chi connectivity index (χ3n) is 18.6. The van der Waals surface area contributed by atoms with Gasteiger partial charge in [-0.15, -0.1) is 0 Å². The average molecular weight is 1570 g/mol. The van der Waals surface area contributed by atoms with Crippen LogP contribution in [0, 0.1) is 0 Å². The van der Waals surface area contributed by atoms with Gasteiger partial charge in [-0.25, -0.2) is 29.0 Å². The number of carbonyl (C=O) groups excluding carboxylic acids is 10. The predicted molar refractivity (Wildman–Crippen MR) is 425 cm³/mol. The van der Waals surface area contributed by atoms with E-state index >= 15 is 0 Å². The highest BCUT2D eigenvalue weighted by Crippen LogP contribution is 2.37. The van der Waals surface area contributed by atoms with Crippen LogP contribution in [0.4, 0.5) is 16.2 Å². The molecular formula is C83H101N12O19+. The summed E-state index contributed by atoms with van der Waals surface area (Å²) in [7, 11) is 5.14. The first-order valence-corrected chi connectivity index (χ1v) is 37.7. The van der Waals surface area contributed by atoms with Gasteiger partial charge < -0.3 is 101 Å². The second-order valence-electron chi connectivity index (χ2n) is 28.2. The summed E-state index contributed by atoms with van der Waals surface area (Å²) in [5.41, 5.74) is 17.5. The molecule has 2 saturated carbocycles. The number of carbonyl (C=O) groups is 10. The third kappa shape index (κ3) is 25.4. The summed E-state index contributed by atoms with van der Waals surface area (Å²) in [4.78, 5) is 132. The Morgan fingerprint density at radius 1 is 0.588 bits per heavy atom. The van der Waals surface area contributed by atoms with Crippen LogP contribution in [-0.2, 0) is 65.3 Å². The van der Waals surface area contributed by atoms with Crippen molar-refractivity contribution in [2.75, 3.05) is 92.1 Å². The van der Waals surface area contributed by atoms with E-state index in [2.05, 4.69) is 61.6 Å². The Bertz CT molecular complexity index is 4790. The highest BCUT2D eigenvalue weighted by atomic mass is 16.6. The maximum absolute atomic E-state index is 13.7. The molecule has 6 aromatic carbocycles. The first-order valence-electron chi connectivity index (χ1n) is 37.7. The third-order valence-corrected chi connectivity index (χ3v) is 18.6. The Labute approximate surface area is 659 Å². The van der Waals surface area contributed by atoms with Crippen LogP contribution in [0.3, 0.4) is 0 Å². The lowest BCUT2D eigenvalue weighted by molar-refractivity contribution is -0.364. The number of methoxy groups -OCH3 is 4. The molecule has 0 spiro atoms. The second kappa shape index (κ2) is 42.1. The van der Waals surface area contributed by atoms with E-state index < -0.39 is 59.5 Å². The molecule has 2 aliphatic carbocycles. The van der Waals surface area contributed by atoms with Gasteiger partial charge in [0.25, 0.3) is 23.6 Å². The van der Waals surface area contributed by atoms with E-state index in [1.54, 1.807) is 99.8 Å². The maximum Gasteiger partial charge on any atom is 0.407 e. The van der Waals surface area contributed by atoms with Crippen LogP contribution in [0.15, 0.2) is 134 Å². The summed E-state index contributed by atoms with van der Waals surface area (Å²) in [5.74, 6) is -0.723. The van der Waals surface area contributed by atoms with E-state index in [0.717, 1.165) is 94.8 Å². The summed E-state index contributed by atoms with van der Waals surface area (Å²) in [6.07, 6.45) is 13.7. The number of hydrogen-bond acceptors (Lipinski definition) is 22. The molecule has 13 N–H and O–H groups in total.